The van der Waals surface area contributed by atoms with Crippen LogP contribution in [-0.4, -0.2) is 18.4 Å². The lowest BCUT2D eigenvalue weighted by Gasteiger charge is -2.09. The van der Waals surface area contributed by atoms with Crippen molar-refractivity contribution in [2.45, 2.75) is 20.8 Å². The molecule has 2 rings (SSSR count). The number of carbonyl (C=O) groups excluding carboxylic acids is 2. The van der Waals surface area contributed by atoms with E-state index < -0.39 is 11.8 Å². The fourth-order valence-corrected chi connectivity index (χ4v) is 2.22. The zero-order valence-electron chi connectivity index (χ0n) is 14.6. The molecule has 0 heterocycles. The summed E-state index contributed by atoms with van der Waals surface area (Å²) in [6.07, 6.45) is 3.03. The number of hydrogen-bond acceptors (Lipinski definition) is 3. The molecule has 2 N–H and O–H groups in total. The second kappa shape index (κ2) is 8.68. The molecular formula is C20H22N2O3. The van der Waals surface area contributed by atoms with Gasteiger partial charge in [-0.05, 0) is 55.7 Å². The van der Waals surface area contributed by atoms with Crippen LogP contribution in [0.15, 0.2) is 48.5 Å². The van der Waals surface area contributed by atoms with E-state index in [0.717, 1.165) is 22.3 Å². The highest BCUT2D eigenvalue weighted by atomic mass is 16.5. The number of rotatable bonds is 5. The molecule has 2 aromatic carbocycles. The Morgan fingerprint density at radius 2 is 1.56 bits per heavy atom. The van der Waals surface area contributed by atoms with E-state index in [0.29, 0.717) is 5.75 Å². The van der Waals surface area contributed by atoms with Gasteiger partial charge in [0.25, 0.3) is 11.8 Å². The van der Waals surface area contributed by atoms with Crippen LogP contribution in [0, 0.1) is 20.8 Å². The van der Waals surface area contributed by atoms with Gasteiger partial charge in [0, 0.05) is 6.08 Å². The molecule has 0 aliphatic rings. The third-order valence-corrected chi connectivity index (χ3v) is 3.39. The van der Waals surface area contributed by atoms with Crippen molar-refractivity contribution in [3.05, 3.63) is 70.8 Å². The summed E-state index contributed by atoms with van der Waals surface area (Å²) in [6, 6.07) is 13.5. The fraction of sp³-hybridized carbons (Fsp3) is 0.200. The summed E-state index contributed by atoms with van der Waals surface area (Å²) in [6.45, 7) is 5.74. The molecule has 0 fully saturated rings. The number of carbonyl (C=O) groups is 2. The van der Waals surface area contributed by atoms with Gasteiger partial charge in [0.05, 0.1) is 0 Å². The molecule has 2 amide bonds. The van der Waals surface area contributed by atoms with Crippen molar-refractivity contribution >= 4 is 17.9 Å². The Hall–Kier alpha value is -3.08. The molecule has 0 atom stereocenters. The Labute approximate surface area is 147 Å². The van der Waals surface area contributed by atoms with Crippen LogP contribution in [-0.2, 0) is 9.59 Å². The maximum atomic E-state index is 11.7. The molecule has 0 aromatic heterocycles. The topological polar surface area (TPSA) is 67.4 Å². The molecule has 0 aliphatic heterocycles. The maximum Gasteiger partial charge on any atom is 0.276 e. The Morgan fingerprint density at radius 1 is 0.920 bits per heavy atom. The Bertz CT molecular complexity index is 760. The first-order valence-electron chi connectivity index (χ1n) is 7.97. The molecule has 2 aromatic rings. The lowest BCUT2D eigenvalue weighted by molar-refractivity contribution is -0.128. The normalized spacial score (nSPS) is 10.5. The fourth-order valence-electron chi connectivity index (χ4n) is 2.22. The standard InChI is InChI=1S/C20H22N2O3/c1-14-4-6-17(7-5-14)8-9-19(23)21-22-20(24)13-25-18-11-15(2)10-16(3)12-18/h4-12H,13H2,1-3H3,(H,21,23)(H,22,24)/b9-8+. The highest BCUT2D eigenvalue weighted by Gasteiger charge is 2.04. The number of nitrogens with one attached hydrogen (secondary N) is 2. The summed E-state index contributed by atoms with van der Waals surface area (Å²) in [4.78, 5) is 23.4. The number of ether oxygens (including phenoxy) is 1. The Morgan fingerprint density at radius 3 is 2.20 bits per heavy atom. The minimum atomic E-state index is -0.434. The molecule has 0 aliphatic carbocycles. The van der Waals surface area contributed by atoms with Gasteiger partial charge >= 0.3 is 0 Å². The van der Waals surface area contributed by atoms with Crippen LogP contribution in [0.1, 0.15) is 22.3 Å². The minimum absolute atomic E-state index is 0.176. The molecule has 0 spiro atoms. The zero-order chi connectivity index (χ0) is 18.2. The largest absolute Gasteiger partial charge is 0.484 e. The quantitative estimate of drug-likeness (QED) is 0.651. The molecule has 0 unspecified atom stereocenters. The summed E-state index contributed by atoms with van der Waals surface area (Å²) in [5.74, 6) is -0.227. The van der Waals surface area contributed by atoms with Crippen molar-refractivity contribution < 1.29 is 14.3 Å². The lowest BCUT2D eigenvalue weighted by Crippen LogP contribution is -2.43. The number of hydrogen-bond donors (Lipinski definition) is 2. The van der Waals surface area contributed by atoms with Crippen LogP contribution in [0.3, 0.4) is 0 Å². The van der Waals surface area contributed by atoms with E-state index in [1.165, 1.54) is 6.08 Å². The van der Waals surface area contributed by atoms with Crippen molar-refractivity contribution in [3.8, 4) is 5.75 Å². The molecular weight excluding hydrogens is 316 g/mol. The lowest BCUT2D eigenvalue weighted by atomic mass is 10.1. The molecule has 130 valence electrons. The van der Waals surface area contributed by atoms with Gasteiger partial charge in [-0.1, -0.05) is 35.9 Å². The van der Waals surface area contributed by atoms with E-state index in [-0.39, 0.29) is 6.61 Å². The molecule has 0 saturated heterocycles. The number of aryl methyl sites for hydroxylation is 3. The van der Waals surface area contributed by atoms with Crippen molar-refractivity contribution in [3.63, 3.8) is 0 Å². The summed E-state index contributed by atoms with van der Waals surface area (Å²) >= 11 is 0. The number of hydrazine groups is 1. The third kappa shape index (κ3) is 6.51. The highest BCUT2D eigenvalue weighted by molar-refractivity contribution is 5.93. The molecule has 0 radical (unpaired) electrons. The van der Waals surface area contributed by atoms with E-state index in [4.69, 9.17) is 4.74 Å². The maximum absolute atomic E-state index is 11.7. The Kier molecular flexibility index (Phi) is 6.34. The predicted octanol–water partition coefficient (Wildman–Crippen LogP) is 2.85. The predicted molar refractivity (Wildman–Crippen MR) is 97.9 cm³/mol. The SMILES string of the molecule is Cc1ccc(/C=C/C(=O)NNC(=O)COc2cc(C)cc(C)c2)cc1. The van der Waals surface area contributed by atoms with Gasteiger partial charge in [-0.25, -0.2) is 0 Å². The van der Waals surface area contributed by atoms with E-state index in [9.17, 15) is 9.59 Å². The average molecular weight is 338 g/mol. The molecule has 5 nitrogen and oxygen atoms in total. The highest BCUT2D eigenvalue weighted by Crippen LogP contribution is 2.15. The van der Waals surface area contributed by atoms with Gasteiger partial charge < -0.3 is 4.74 Å². The second-order valence-corrected chi connectivity index (χ2v) is 5.89. The molecule has 0 bridgehead atoms. The van der Waals surface area contributed by atoms with Crippen LogP contribution in [0.4, 0.5) is 0 Å². The van der Waals surface area contributed by atoms with E-state index in [1.54, 1.807) is 6.08 Å². The van der Waals surface area contributed by atoms with Crippen molar-refractivity contribution in [2.24, 2.45) is 0 Å². The first kappa shape index (κ1) is 18.3. The van der Waals surface area contributed by atoms with Gasteiger partial charge in [0.2, 0.25) is 0 Å². The third-order valence-electron chi connectivity index (χ3n) is 3.39. The minimum Gasteiger partial charge on any atom is -0.484 e. The summed E-state index contributed by atoms with van der Waals surface area (Å²) in [5.41, 5.74) is 8.81. The molecule has 5 heteroatoms. The molecule has 25 heavy (non-hydrogen) atoms. The van der Waals surface area contributed by atoms with Crippen LogP contribution >= 0.6 is 0 Å². The van der Waals surface area contributed by atoms with Gasteiger partial charge in [0.1, 0.15) is 5.75 Å². The smallest absolute Gasteiger partial charge is 0.276 e. The summed E-state index contributed by atoms with van der Waals surface area (Å²) < 4.78 is 5.42. The second-order valence-electron chi connectivity index (χ2n) is 5.89. The van der Waals surface area contributed by atoms with Crippen LogP contribution in [0.2, 0.25) is 0 Å². The molecule has 0 saturated carbocycles. The average Bonchev–Trinajstić information content (AvgIpc) is 2.57. The zero-order valence-corrected chi connectivity index (χ0v) is 14.6. The van der Waals surface area contributed by atoms with Gasteiger partial charge in [-0.2, -0.15) is 0 Å². The Balaban J connectivity index is 1.75. The van der Waals surface area contributed by atoms with Crippen molar-refractivity contribution in [2.75, 3.05) is 6.61 Å². The summed E-state index contributed by atoms with van der Waals surface area (Å²) in [5, 5.41) is 0. The van der Waals surface area contributed by atoms with E-state index >= 15 is 0 Å². The van der Waals surface area contributed by atoms with Crippen molar-refractivity contribution in [1.82, 2.24) is 10.9 Å². The van der Waals surface area contributed by atoms with Crippen LogP contribution in [0.5, 0.6) is 5.75 Å². The van der Waals surface area contributed by atoms with Gasteiger partial charge in [-0.15, -0.1) is 0 Å². The van der Waals surface area contributed by atoms with E-state index in [2.05, 4.69) is 10.9 Å². The first-order valence-corrected chi connectivity index (χ1v) is 7.97. The van der Waals surface area contributed by atoms with Gasteiger partial charge in [0.15, 0.2) is 6.61 Å². The monoisotopic (exact) mass is 338 g/mol. The van der Waals surface area contributed by atoms with Crippen LogP contribution in [0.25, 0.3) is 6.08 Å². The van der Waals surface area contributed by atoms with E-state index in [1.807, 2.05) is 63.2 Å². The number of benzene rings is 2. The van der Waals surface area contributed by atoms with Gasteiger partial charge in [-0.3, -0.25) is 20.4 Å². The number of amides is 2. The summed E-state index contributed by atoms with van der Waals surface area (Å²) in [7, 11) is 0. The first-order chi connectivity index (χ1) is 11.9. The van der Waals surface area contributed by atoms with Crippen molar-refractivity contribution in [1.29, 1.82) is 0 Å². The van der Waals surface area contributed by atoms with Crippen LogP contribution < -0.4 is 15.6 Å².